The minimum Gasteiger partial charge on any atom is -0.497 e. The Kier molecular flexibility index (Phi) is 4.79. The number of hydrogen-bond acceptors (Lipinski definition) is 4. The second kappa shape index (κ2) is 6.72. The Morgan fingerprint density at radius 3 is 2.52 bits per heavy atom. The third-order valence-corrected chi connectivity index (χ3v) is 6.49. The van der Waals surface area contributed by atoms with Crippen LogP contribution < -0.4 is 4.74 Å². The fraction of sp³-hybridized carbons (Fsp3) is 0.438. The highest BCUT2D eigenvalue weighted by molar-refractivity contribution is 7.89. The van der Waals surface area contributed by atoms with Crippen molar-refractivity contribution >= 4 is 10.0 Å². The van der Waals surface area contributed by atoms with Gasteiger partial charge in [-0.2, -0.15) is 18.2 Å². The number of rotatable bonds is 5. The van der Waals surface area contributed by atoms with Crippen LogP contribution in [0.3, 0.4) is 0 Å². The van der Waals surface area contributed by atoms with Gasteiger partial charge in [-0.3, -0.25) is 0 Å². The summed E-state index contributed by atoms with van der Waals surface area (Å²) in [6.45, 7) is -1.19. The summed E-state index contributed by atoms with van der Waals surface area (Å²) in [6.07, 6.45) is 2.38. The molecule has 0 N–H and O–H groups in total. The molecule has 1 aromatic carbocycles. The first-order valence-electron chi connectivity index (χ1n) is 7.84. The van der Waals surface area contributed by atoms with E-state index >= 15 is 0 Å². The van der Waals surface area contributed by atoms with Crippen LogP contribution in [-0.4, -0.2) is 36.2 Å². The van der Waals surface area contributed by atoms with Crippen molar-refractivity contribution in [2.75, 3.05) is 13.7 Å². The van der Waals surface area contributed by atoms with Gasteiger partial charge in [0.2, 0.25) is 10.0 Å². The monoisotopic (exact) mass is 371 g/mol. The van der Waals surface area contributed by atoms with Gasteiger partial charge in [0, 0.05) is 6.54 Å². The highest BCUT2D eigenvalue weighted by Gasteiger charge is 2.38. The Morgan fingerprint density at radius 1 is 1.28 bits per heavy atom. The van der Waals surface area contributed by atoms with Gasteiger partial charge in [-0.15, -0.1) is 0 Å². The lowest BCUT2D eigenvalue weighted by Crippen LogP contribution is -2.31. The van der Waals surface area contributed by atoms with Crippen molar-refractivity contribution in [3.8, 4) is 5.75 Å². The molecule has 0 unspecified atom stereocenters. The van der Waals surface area contributed by atoms with E-state index < -0.39 is 16.6 Å². The Balaban J connectivity index is 1.95. The predicted molar refractivity (Wildman–Crippen MR) is 87.1 cm³/mol. The zero-order valence-corrected chi connectivity index (χ0v) is 14.7. The summed E-state index contributed by atoms with van der Waals surface area (Å²) < 4.78 is 58.7. The van der Waals surface area contributed by atoms with E-state index in [9.17, 15) is 17.2 Å². The molecule has 136 valence electrons. The zero-order valence-electron chi connectivity index (χ0n) is 13.9. The molecule has 3 rings (SSSR count). The van der Waals surface area contributed by atoms with Crippen LogP contribution >= 0.6 is 0 Å². The predicted octanol–water partition coefficient (Wildman–Crippen LogP) is 3.12. The molecule has 0 aliphatic carbocycles. The average molecular weight is 371 g/mol. The van der Waals surface area contributed by atoms with Crippen molar-refractivity contribution in [1.82, 2.24) is 14.1 Å². The number of ether oxygens (including phenoxy) is 1. The van der Waals surface area contributed by atoms with Crippen molar-refractivity contribution in [3.05, 3.63) is 41.7 Å². The summed E-state index contributed by atoms with van der Waals surface area (Å²) in [5, 5.41) is 3.52. The van der Waals surface area contributed by atoms with Gasteiger partial charge in [0.25, 0.3) is 0 Å². The standard InChI is InChI=1S/C16H19F2N3O3S/c1-11-15(10-19-21(11)16(17)18)25(22,23)20-9-3-4-14(20)12-5-7-13(24-2)8-6-12/h5-8,10,14,16H,3-4,9H2,1-2H3/t14-/m1/s1. The van der Waals surface area contributed by atoms with Crippen molar-refractivity contribution in [1.29, 1.82) is 0 Å². The van der Waals surface area contributed by atoms with E-state index in [4.69, 9.17) is 4.74 Å². The number of alkyl halides is 2. The molecule has 1 aromatic heterocycles. The Bertz CT molecular complexity index is 850. The van der Waals surface area contributed by atoms with Crippen molar-refractivity contribution in [2.24, 2.45) is 0 Å². The third-order valence-electron chi connectivity index (χ3n) is 4.48. The normalized spacial score (nSPS) is 18.8. The third kappa shape index (κ3) is 3.13. The SMILES string of the molecule is COc1ccc([C@H]2CCCN2S(=O)(=O)c2cnn(C(F)F)c2C)cc1. The highest BCUT2D eigenvalue weighted by Crippen LogP contribution is 2.37. The molecule has 1 saturated heterocycles. The molecule has 0 radical (unpaired) electrons. The molecule has 1 aliphatic rings. The Labute approximate surface area is 145 Å². The summed E-state index contributed by atoms with van der Waals surface area (Å²) in [5.74, 6) is 0.685. The summed E-state index contributed by atoms with van der Waals surface area (Å²) in [6, 6.07) is 6.88. The molecule has 1 fully saturated rings. The maximum atomic E-state index is 13.0. The minimum atomic E-state index is -3.91. The lowest BCUT2D eigenvalue weighted by atomic mass is 10.1. The molecule has 0 saturated carbocycles. The van der Waals surface area contributed by atoms with Crippen LogP contribution in [0.4, 0.5) is 8.78 Å². The molecule has 25 heavy (non-hydrogen) atoms. The summed E-state index contributed by atoms with van der Waals surface area (Å²) in [4.78, 5) is -0.173. The number of nitrogens with zero attached hydrogens (tertiary/aromatic N) is 3. The molecule has 1 atom stereocenters. The second-order valence-corrected chi connectivity index (χ2v) is 7.72. The van der Waals surface area contributed by atoms with Crippen molar-refractivity contribution in [3.63, 3.8) is 0 Å². The van der Waals surface area contributed by atoms with Crippen molar-refractivity contribution in [2.45, 2.75) is 37.3 Å². The van der Waals surface area contributed by atoms with Gasteiger partial charge in [0.1, 0.15) is 10.6 Å². The van der Waals surface area contributed by atoms with Crippen LogP contribution in [0, 0.1) is 6.92 Å². The van der Waals surface area contributed by atoms with Crippen LogP contribution in [0.5, 0.6) is 5.75 Å². The first kappa shape index (κ1) is 17.8. The van der Waals surface area contributed by atoms with Crippen LogP contribution in [0.1, 0.15) is 36.7 Å². The van der Waals surface area contributed by atoms with E-state index in [0.29, 0.717) is 29.8 Å². The van der Waals surface area contributed by atoms with Crippen LogP contribution in [0.25, 0.3) is 0 Å². The quantitative estimate of drug-likeness (QED) is 0.810. The molecule has 1 aliphatic heterocycles. The van der Waals surface area contributed by atoms with E-state index in [1.807, 2.05) is 12.1 Å². The van der Waals surface area contributed by atoms with Gasteiger partial charge in [-0.1, -0.05) is 12.1 Å². The summed E-state index contributed by atoms with van der Waals surface area (Å²) in [7, 11) is -2.35. The largest absolute Gasteiger partial charge is 0.497 e. The van der Waals surface area contributed by atoms with Crippen molar-refractivity contribution < 1.29 is 21.9 Å². The van der Waals surface area contributed by atoms with Gasteiger partial charge in [0.15, 0.2) is 0 Å². The Hall–Kier alpha value is -2.00. The molecule has 0 spiro atoms. The van der Waals surface area contributed by atoms with E-state index in [2.05, 4.69) is 5.10 Å². The number of methoxy groups -OCH3 is 1. The molecule has 9 heteroatoms. The van der Waals surface area contributed by atoms with Gasteiger partial charge in [-0.05, 0) is 37.5 Å². The van der Waals surface area contributed by atoms with E-state index in [0.717, 1.165) is 11.8 Å². The smallest absolute Gasteiger partial charge is 0.333 e. The topological polar surface area (TPSA) is 64.4 Å². The maximum Gasteiger partial charge on any atom is 0.333 e. The minimum absolute atomic E-state index is 0.0598. The molecule has 6 nitrogen and oxygen atoms in total. The molecule has 0 bridgehead atoms. The fourth-order valence-corrected chi connectivity index (χ4v) is 5.00. The molecule has 2 heterocycles. The fourth-order valence-electron chi connectivity index (χ4n) is 3.17. The molecular weight excluding hydrogens is 352 g/mol. The first-order chi connectivity index (χ1) is 11.9. The lowest BCUT2D eigenvalue weighted by Gasteiger charge is -2.24. The zero-order chi connectivity index (χ0) is 18.2. The number of benzene rings is 1. The highest BCUT2D eigenvalue weighted by atomic mass is 32.2. The van der Waals surface area contributed by atoms with E-state index in [1.165, 1.54) is 11.2 Å². The van der Waals surface area contributed by atoms with Crippen LogP contribution in [-0.2, 0) is 10.0 Å². The summed E-state index contributed by atoms with van der Waals surface area (Å²) in [5.41, 5.74) is 0.788. The number of aromatic nitrogens is 2. The van der Waals surface area contributed by atoms with E-state index in [1.54, 1.807) is 19.2 Å². The molecule has 2 aromatic rings. The van der Waals surface area contributed by atoms with Gasteiger partial charge in [0.05, 0.1) is 25.0 Å². The van der Waals surface area contributed by atoms with Gasteiger partial charge in [-0.25, -0.2) is 13.1 Å². The van der Waals surface area contributed by atoms with Gasteiger partial charge < -0.3 is 4.74 Å². The maximum absolute atomic E-state index is 13.0. The number of sulfonamides is 1. The molecule has 0 amide bonds. The molecular formula is C16H19F2N3O3S. The summed E-state index contributed by atoms with van der Waals surface area (Å²) >= 11 is 0. The average Bonchev–Trinajstić information content (AvgIpc) is 3.22. The number of halogens is 2. The van der Waals surface area contributed by atoms with Crippen LogP contribution in [0.2, 0.25) is 0 Å². The van der Waals surface area contributed by atoms with Crippen LogP contribution in [0.15, 0.2) is 35.4 Å². The van der Waals surface area contributed by atoms with Gasteiger partial charge >= 0.3 is 6.55 Å². The lowest BCUT2D eigenvalue weighted by molar-refractivity contribution is 0.0541. The Morgan fingerprint density at radius 2 is 1.96 bits per heavy atom. The first-order valence-corrected chi connectivity index (χ1v) is 9.28. The second-order valence-electron chi connectivity index (χ2n) is 5.86. The van der Waals surface area contributed by atoms with E-state index in [-0.39, 0.29) is 16.6 Å². The number of hydrogen-bond donors (Lipinski definition) is 0.